The summed E-state index contributed by atoms with van der Waals surface area (Å²) in [4.78, 5) is 30.2. The molecular weight excluding hydrogens is 559 g/mol. The van der Waals surface area contributed by atoms with Gasteiger partial charge in [0.1, 0.15) is 23.8 Å². The number of carbonyl (C=O) groups excluding carboxylic acids is 1. The van der Waals surface area contributed by atoms with Crippen molar-refractivity contribution >= 4 is 40.1 Å². The van der Waals surface area contributed by atoms with Crippen LogP contribution < -0.4 is 16.4 Å². The molecule has 3 aromatic heterocycles. The predicted octanol–water partition coefficient (Wildman–Crippen LogP) is 6.21. The second-order valence-corrected chi connectivity index (χ2v) is 9.74. The Hall–Kier alpha value is -5.72. The minimum Gasteiger partial charge on any atom is -0.384 e. The molecule has 6 aromatic rings. The monoisotopic (exact) mass is 583 g/mol. The van der Waals surface area contributed by atoms with E-state index in [-0.39, 0.29) is 17.1 Å². The highest BCUT2D eigenvalue weighted by atomic mass is 19.4. The van der Waals surface area contributed by atoms with Crippen LogP contribution in [-0.4, -0.2) is 35.0 Å². The van der Waals surface area contributed by atoms with Gasteiger partial charge in [-0.1, -0.05) is 18.2 Å². The SMILES string of the molecule is Cc1ccc(NC(=O)c2ccc(-n3ccnc3C)c(C(F)(F)F)c2)cc1Nc1nc2ccccc2n1-c1cc(N)ncn1. The molecule has 0 bridgehead atoms. The molecule has 0 radical (unpaired) electrons. The Labute approximate surface area is 243 Å². The summed E-state index contributed by atoms with van der Waals surface area (Å²) in [6.45, 7) is 3.47. The smallest absolute Gasteiger partial charge is 0.384 e. The molecule has 0 aliphatic heterocycles. The van der Waals surface area contributed by atoms with E-state index >= 15 is 0 Å². The molecule has 0 aliphatic rings. The van der Waals surface area contributed by atoms with Gasteiger partial charge in [-0.05, 0) is 61.9 Å². The van der Waals surface area contributed by atoms with Crippen molar-refractivity contribution in [2.45, 2.75) is 20.0 Å². The normalized spacial score (nSPS) is 11.6. The van der Waals surface area contributed by atoms with E-state index in [0.29, 0.717) is 34.5 Å². The maximum Gasteiger partial charge on any atom is 0.418 e. The first-order valence-corrected chi connectivity index (χ1v) is 13.0. The average molecular weight is 584 g/mol. The van der Waals surface area contributed by atoms with Crippen LogP contribution in [0.25, 0.3) is 22.5 Å². The van der Waals surface area contributed by atoms with E-state index in [9.17, 15) is 18.0 Å². The number of fused-ring (bicyclic) bond motifs is 1. The van der Waals surface area contributed by atoms with Crippen molar-refractivity contribution in [3.8, 4) is 11.5 Å². The molecule has 3 heterocycles. The van der Waals surface area contributed by atoms with Crippen LogP contribution in [0.5, 0.6) is 0 Å². The van der Waals surface area contributed by atoms with Gasteiger partial charge in [0.25, 0.3) is 5.91 Å². The topological polar surface area (TPSA) is 129 Å². The van der Waals surface area contributed by atoms with Crippen LogP contribution >= 0.6 is 0 Å². The van der Waals surface area contributed by atoms with Crippen molar-refractivity contribution in [2.75, 3.05) is 16.4 Å². The van der Waals surface area contributed by atoms with E-state index in [2.05, 4.69) is 25.6 Å². The quantitative estimate of drug-likeness (QED) is 0.213. The molecule has 1 amide bonds. The van der Waals surface area contributed by atoms with Crippen molar-refractivity contribution in [1.82, 2.24) is 29.1 Å². The van der Waals surface area contributed by atoms with Crippen LogP contribution in [-0.2, 0) is 6.18 Å². The Morgan fingerprint density at radius 1 is 0.953 bits per heavy atom. The number of nitrogen functional groups attached to an aromatic ring is 1. The first kappa shape index (κ1) is 27.4. The van der Waals surface area contributed by atoms with Crippen LogP contribution in [0.2, 0.25) is 0 Å². The van der Waals surface area contributed by atoms with Gasteiger partial charge in [0.15, 0.2) is 0 Å². The number of nitrogens with one attached hydrogen (secondary N) is 2. The van der Waals surface area contributed by atoms with E-state index < -0.39 is 17.6 Å². The molecule has 0 atom stereocenters. The second kappa shape index (κ2) is 10.6. The number of nitrogens with two attached hydrogens (primary N) is 1. The Morgan fingerprint density at radius 2 is 1.77 bits per heavy atom. The minimum absolute atomic E-state index is 0.116. The van der Waals surface area contributed by atoms with E-state index in [1.54, 1.807) is 35.8 Å². The zero-order valence-corrected chi connectivity index (χ0v) is 22.9. The third-order valence-electron chi connectivity index (χ3n) is 6.86. The Kier molecular flexibility index (Phi) is 6.76. The third kappa shape index (κ3) is 5.35. The lowest BCUT2D eigenvalue weighted by Gasteiger charge is -2.16. The summed E-state index contributed by atoms with van der Waals surface area (Å²) in [6, 6.07) is 17.7. The van der Waals surface area contributed by atoms with Gasteiger partial charge >= 0.3 is 6.18 Å². The number of amides is 1. The number of aromatic nitrogens is 6. The lowest BCUT2D eigenvalue weighted by atomic mass is 10.1. The highest BCUT2D eigenvalue weighted by Crippen LogP contribution is 2.35. The molecule has 43 heavy (non-hydrogen) atoms. The van der Waals surface area contributed by atoms with Gasteiger partial charge in [0.2, 0.25) is 5.95 Å². The lowest BCUT2D eigenvalue weighted by Crippen LogP contribution is -2.16. The first-order valence-electron chi connectivity index (χ1n) is 13.0. The average Bonchev–Trinajstić information content (AvgIpc) is 3.56. The number of halogens is 3. The van der Waals surface area contributed by atoms with Gasteiger partial charge in [-0.25, -0.2) is 19.9 Å². The van der Waals surface area contributed by atoms with Crippen molar-refractivity contribution in [3.63, 3.8) is 0 Å². The maximum atomic E-state index is 14.0. The van der Waals surface area contributed by atoms with E-state index in [4.69, 9.17) is 10.7 Å². The largest absolute Gasteiger partial charge is 0.418 e. The summed E-state index contributed by atoms with van der Waals surface area (Å²) in [5.74, 6) is 0.917. The summed E-state index contributed by atoms with van der Waals surface area (Å²) in [6.07, 6.45) is -0.479. The number of carbonyl (C=O) groups is 1. The molecule has 0 unspecified atom stereocenters. The fraction of sp³-hybridized carbons (Fsp3) is 0.100. The van der Waals surface area contributed by atoms with Crippen molar-refractivity contribution in [2.24, 2.45) is 0 Å². The Balaban J connectivity index is 1.32. The number of imidazole rings is 2. The molecular formula is C30H24F3N9O. The van der Waals surface area contributed by atoms with Gasteiger partial charge in [0, 0.05) is 35.4 Å². The van der Waals surface area contributed by atoms with Gasteiger partial charge in [-0.2, -0.15) is 13.2 Å². The third-order valence-corrected chi connectivity index (χ3v) is 6.86. The molecule has 6 rings (SSSR count). The lowest BCUT2D eigenvalue weighted by molar-refractivity contribution is -0.137. The molecule has 0 saturated carbocycles. The Morgan fingerprint density at radius 3 is 2.51 bits per heavy atom. The summed E-state index contributed by atoms with van der Waals surface area (Å²) >= 11 is 0. The highest BCUT2D eigenvalue weighted by molar-refractivity contribution is 6.05. The zero-order valence-electron chi connectivity index (χ0n) is 22.9. The number of alkyl halides is 3. The standard InChI is InChI=1S/C30H24F3N9O/c1-17-7-9-20(38-28(43)19-8-10-24(21(13-19)30(31,32)33)41-12-11-35-18(41)2)14-23(17)40-29-39-22-5-3-4-6-25(22)42(29)27-15-26(34)36-16-37-27/h3-16H,1-2H3,(H,38,43)(H,39,40)(H2,34,36,37). The number of rotatable bonds is 6. The van der Waals surface area contributed by atoms with Gasteiger partial charge < -0.3 is 20.9 Å². The number of hydrogen-bond acceptors (Lipinski definition) is 7. The number of aryl methyl sites for hydroxylation is 2. The molecule has 0 saturated heterocycles. The van der Waals surface area contributed by atoms with Crippen molar-refractivity contribution in [3.05, 3.63) is 108 Å². The number of nitrogens with zero attached hydrogens (tertiary/aromatic N) is 6. The zero-order chi connectivity index (χ0) is 30.3. The Bertz CT molecular complexity index is 2000. The number of anilines is 4. The molecule has 3 aromatic carbocycles. The van der Waals surface area contributed by atoms with Crippen molar-refractivity contribution in [1.29, 1.82) is 0 Å². The number of para-hydroxylation sites is 2. The molecule has 216 valence electrons. The van der Waals surface area contributed by atoms with Crippen molar-refractivity contribution < 1.29 is 18.0 Å². The molecule has 0 spiro atoms. The van der Waals surface area contributed by atoms with Crippen LogP contribution in [0.15, 0.2) is 85.5 Å². The summed E-state index contributed by atoms with van der Waals surface area (Å²) in [7, 11) is 0. The first-order chi connectivity index (χ1) is 20.6. The summed E-state index contributed by atoms with van der Waals surface area (Å²) < 4.78 is 45.1. The van der Waals surface area contributed by atoms with E-state index in [1.165, 1.54) is 35.4 Å². The van der Waals surface area contributed by atoms with E-state index in [0.717, 1.165) is 17.1 Å². The second-order valence-electron chi connectivity index (χ2n) is 9.74. The van der Waals surface area contributed by atoms with Crippen LogP contribution in [0.4, 0.5) is 36.3 Å². The highest BCUT2D eigenvalue weighted by Gasteiger charge is 2.35. The minimum atomic E-state index is -4.69. The van der Waals surface area contributed by atoms with Crippen LogP contribution in [0.1, 0.15) is 27.3 Å². The fourth-order valence-corrected chi connectivity index (χ4v) is 4.73. The van der Waals surface area contributed by atoms with E-state index in [1.807, 2.05) is 31.2 Å². The molecule has 13 heteroatoms. The van der Waals surface area contributed by atoms with Crippen LogP contribution in [0, 0.1) is 13.8 Å². The molecule has 0 fully saturated rings. The number of benzene rings is 3. The molecule has 10 nitrogen and oxygen atoms in total. The summed E-state index contributed by atoms with van der Waals surface area (Å²) in [5, 5.41) is 6.01. The fourth-order valence-electron chi connectivity index (χ4n) is 4.73. The van der Waals surface area contributed by atoms with Gasteiger partial charge in [-0.15, -0.1) is 0 Å². The molecule has 4 N–H and O–H groups in total. The van der Waals surface area contributed by atoms with Gasteiger partial charge in [-0.3, -0.25) is 9.36 Å². The van der Waals surface area contributed by atoms with Gasteiger partial charge in [0.05, 0.1) is 22.3 Å². The maximum absolute atomic E-state index is 14.0. The van der Waals surface area contributed by atoms with Crippen LogP contribution in [0.3, 0.4) is 0 Å². The predicted molar refractivity (Wildman–Crippen MR) is 157 cm³/mol. The molecule has 0 aliphatic carbocycles. The summed E-state index contributed by atoms with van der Waals surface area (Å²) in [5.41, 5.74) is 8.00. The number of hydrogen-bond donors (Lipinski definition) is 3.